The number of hydrogen-bond donors (Lipinski definition) is 3. The number of hydrogen-bond acceptors (Lipinski definition) is 7. The van der Waals surface area contributed by atoms with Crippen LogP contribution in [0.5, 0.6) is 23.0 Å². The van der Waals surface area contributed by atoms with Crippen LogP contribution < -0.4 is 24.8 Å². The molecule has 1 aliphatic carbocycles. The van der Waals surface area contributed by atoms with Crippen LogP contribution in [0.15, 0.2) is 66.9 Å². The van der Waals surface area contributed by atoms with Crippen LogP contribution in [-0.4, -0.2) is 79.3 Å². The second-order valence-corrected chi connectivity index (χ2v) is 11.0. The summed E-state index contributed by atoms with van der Waals surface area (Å²) >= 11 is 6.67. The maximum absolute atomic E-state index is 13.2. The van der Waals surface area contributed by atoms with Crippen LogP contribution in [0.1, 0.15) is 41.4 Å². The molecule has 46 heavy (non-hydrogen) atoms. The molecule has 3 N–H and O–H groups in total. The molecule has 2 amide bonds. The molecule has 0 unspecified atom stereocenters. The minimum atomic E-state index is -1.26. The number of benzene rings is 3. The molecule has 5 rings (SSSR count). The number of anilines is 2. The van der Waals surface area contributed by atoms with Crippen molar-refractivity contribution in [2.75, 3.05) is 24.4 Å². The van der Waals surface area contributed by atoms with Crippen molar-refractivity contribution in [1.82, 2.24) is 4.98 Å². The van der Waals surface area contributed by atoms with E-state index in [0.717, 1.165) is 6.42 Å². The Labute approximate surface area is 302 Å². The Morgan fingerprint density at radius 2 is 1.70 bits per heavy atom. The van der Waals surface area contributed by atoms with Crippen molar-refractivity contribution in [3.8, 4) is 23.0 Å². The Kier molecular flexibility index (Phi) is 12.1. The van der Waals surface area contributed by atoms with Gasteiger partial charge in [-0.15, -0.1) is 0 Å². The summed E-state index contributed by atoms with van der Waals surface area (Å²) in [7, 11) is 1.52. The van der Waals surface area contributed by atoms with Gasteiger partial charge in [-0.1, -0.05) is 17.7 Å². The predicted octanol–water partition coefficient (Wildman–Crippen LogP) is 7.05. The number of unbranched alkanes of at least 4 members (excludes halogenated alkanes) is 2. The first-order valence-corrected chi connectivity index (χ1v) is 14.7. The van der Waals surface area contributed by atoms with Gasteiger partial charge in [0.25, 0.3) is 0 Å². The molecule has 0 saturated heterocycles. The minimum absolute atomic E-state index is 0. The molecular formula is C33H33CaClFN3O7. The van der Waals surface area contributed by atoms with Crippen LogP contribution in [0.2, 0.25) is 5.02 Å². The van der Waals surface area contributed by atoms with E-state index < -0.39 is 29.0 Å². The molecule has 0 atom stereocenters. The van der Waals surface area contributed by atoms with Gasteiger partial charge in [0, 0.05) is 29.8 Å². The predicted molar refractivity (Wildman–Crippen MR) is 175 cm³/mol. The average Bonchev–Trinajstić information content (AvgIpc) is 3.84. The van der Waals surface area contributed by atoms with Gasteiger partial charge >= 0.3 is 43.7 Å². The Hall–Kier alpha value is -3.64. The molecule has 0 radical (unpaired) electrons. The van der Waals surface area contributed by atoms with E-state index in [4.69, 9.17) is 30.9 Å². The van der Waals surface area contributed by atoms with Gasteiger partial charge in [-0.25, -0.2) is 4.39 Å². The van der Waals surface area contributed by atoms with Crippen LogP contribution in [0.3, 0.4) is 0 Å². The van der Waals surface area contributed by atoms with Gasteiger partial charge in [0.1, 0.15) is 27.8 Å². The first-order chi connectivity index (χ1) is 21.7. The number of aliphatic carboxylic acids is 1. The van der Waals surface area contributed by atoms with Crippen LogP contribution in [-0.2, 0) is 14.4 Å². The van der Waals surface area contributed by atoms with Gasteiger partial charge in [-0.3, -0.25) is 19.4 Å². The van der Waals surface area contributed by atoms with Gasteiger partial charge < -0.3 is 32.8 Å². The molecule has 1 heterocycles. The molecule has 10 nitrogen and oxygen atoms in total. The van der Waals surface area contributed by atoms with E-state index in [-0.39, 0.29) is 63.5 Å². The van der Waals surface area contributed by atoms with E-state index >= 15 is 0 Å². The Morgan fingerprint density at radius 1 is 0.957 bits per heavy atom. The smallest absolute Gasteiger partial charge is 1.00 e. The van der Waals surface area contributed by atoms with Crippen molar-refractivity contribution in [2.45, 2.75) is 38.5 Å². The summed E-state index contributed by atoms with van der Waals surface area (Å²) in [6.07, 6.45) is 4.43. The average molecular weight is 678 g/mol. The van der Waals surface area contributed by atoms with E-state index in [9.17, 15) is 18.8 Å². The van der Waals surface area contributed by atoms with E-state index in [0.29, 0.717) is 66.1 Å². The maximum Gasteiger partial charge on any atom is 2.00 e. The van der Waals surface area contributed by atoms with Crippen molar-refractivity contribution in [3.63, 3.8) is 0 Å². The van der Waals surface area contributed by atoms with Crippen molar-refractivity contribution < 1.29 is 40.9 Å². The summed E-state index contributed by atoms with van der Waals surface area (Å²) in [5.41, 5.74) is -0.0144. The van der Waals surface area contributed by atoms with E-state index in [1.807, 2.05) is 0 Å². The largest absolute Gasteiger partial charge is 2.00 e. The molecule has 0 bridgehead atoms. The number of carboxylic acids is 1. The summed E-state index contributed by atoms with van der Waals surface area (Å²) in [5, 5.41) is 15.0. The number of pyridine rings is 1. The van der Waals surface area contributed by atoms with Gasteiger partial charge in [0.05, 0.1) is 24.9 Å². The molecular weight excluding hydrogens is 645 g/mol. The first kappa shape index (κ1) is 35.2. The number of amides is 2. The number of nitrogens with one attached hydrogen (secondary N) is 2. The summed E-state index contributed by atoms with van der Waals surface area (Å²) in [4.78, 5) is 41.3. The molecule has 0 aliphatic heterocycles. The number of carboxylic acid groups (broad SMARTS) is 1. The zero-order valence-electron chi connectivity index (χ0n) is 27.1. The molecule has 13 heteroatoms. The van der Waals surface area contributed by atoms with Gasteiger partial charge in [0.15, 0.2) is 11.5 Å². The van der Waals surface area contributed by atoms with Crippen LogP contribution >= 0.6 is 11.6 Å². The molecule has 1 fully saturated rings. The van der Waals surface area contributed by atoms with Crippen LogP contribution in [0.25, 0.3) is 10.9 Å². The number of rotatable bonds is 14. The molecule has 0 spiro atoms. The number of carbonyl (C=O) groups excluding carboxylic acids is 2. The van der Waals surface area contributed by atoms with E-state index in [1.165, 1.54) is 31.4 Å². The second kappa shape index (κ2) is 15.8. The standard InChI is InChI=1S/C33H31ClFN3O7.Ca.2H/c1-43-27-18-22-24(19-28(27)44-17-4-2-3-8-29(39)40)36-16-13-25(22)45-26-7-5-6-23(30(26)34)38-32(42)33(14-15-33)31(41)37-21-11-9-20(35)10-12-21;;;/h5-7,9-13,16,18-19H,2-4,8,14-15,17H2,1H3,(H,37,41)(H,38,42)(H,39,40);;;/q;+2;2*-1. The topological polar surface area (TPSA) is 136 Å². The van der Waals surface area contributed by atoms with E-state index in [2.05, 4.69) is 15.6 Å². The number of methoxy groups -OCH3 is 1. The number of nitrogens with zero attached hydrogens (tertiary/aromatic N) is 1. The SMILES string of the molecule is COc1cc2c(Oc3cccc(NC(=O)C4(C(=O)Nc5ccc(F)cc5)CC4)c3Cl)ccnc2cc1OCCCCCC(=O)O.[Ca+2].[H-].[H-]. The zero-order valence-corrected chi connectivity index (χ0v) is 28.1. The number of aromatic nitrogens is 1. The third-order valence-electron chi connectivity index (χ3n) is 7.43. The molecule has 238 valence electrons. The fourth-order valence-electron chi connectivity index (χ4n) is 4.74. The Morgan fingerprint density at radius 3 is 2.39 bits per heavy atom. The Balaban J connectivity index is 0.00000267. The molecule has 1 saturated carbocycles. The third kappa shape index (κ3) is 8.38. The quantitative estimate of drug-likeness (QED) is 0.0734. The number of ether oxygens (including phenoxy) is 3. The number of fused-ring (bicyclic) bond motifs is 1. The van der Waals surface area contributed by atoms with Gasteiger partial charge in [-0.2, -0.15) is 0 Å². The van der Waals surface area contributed by atoms with Crippen molar-refractivity contribution >= 4 is 89.4 Å². The first-order valence-electron chi connectivity index (χ1n) is 14.4. The summed E-state index contributed by atoms with van der Waals surface area (Å²) in [6, 6.07) is 15.4. The molecule has 3 aromatic carbocycles. The van der Waals surface area contributed by atoms with E-state index in [1.54, 1.807) is 42.6 Å². The minimum Gasteiger partial charge on any atom is -1.00 e. The van der Waals surface area contributed by atoms with Gasteiger partial charge in [0.2, 0.25) is 11.8 Å². The summed E-state index contributed by atoms with van der Waals surface area (Å²) in [5.74, 6) is -0.572. The second-order valence-electron chi connectivity index (χ2n) is 10.6. The zero-order chi connectivity index (χ0) is 32.0. The van der Waals surface area contributed by atoms with Crippen molar-refractivity contribution in [2.24, 2.45) is 5.41 Å². The fraction of sp³-hybridized carbons (Fsp3) is 0.273. The Bertz CT molecular complexity index is 1750. The number of carbonyl (C=O) groups is 3. The monoisotopic (exact) mass is 677 g/mol. The maximum atomic E-state index is 13.2. The molecule has 4 aromatic rings. The van der Waals surface area contributed by atoms with Crippen LogP contribution in [0.4, 0.5) is 15.8 Å². The summed E-state index contributed by atoms with van der Waals surface area (Å²) in [6.45, 7) is 0.390. The van der Waals surface area contributed by atoms with Gasteiger partial charge in [-0.05, 0) is 80.6 Å². The van der Waals surface area contributed by atoms with Crippen molar-refractivity contribution in [1.29, 1.82) is 0 Å². The van der Waals surface area contributed by atoms with Crippen molar-refractivity contribution in [3.05, 3.63) is 77.7 Å². The third-order valence-corrected chi connectivity index (χ3v) is 7.82. The molecule has 1 aromatic heterocycles. The summed E-state index contributed by atoms with van der Waals surface area (Å²) < 4.78 is 30.9. The normalized spacial score (nSPS) is 12.8. The van der Waals surface area contributed by atoms with Crippen LogP contribution in [0, 0.1) is 11.2 Å². The fourth-order valence-corrected chi connectivity index (χ4v) is 4.95. The molecule has 1 aliphatic rings. The number of halogens is 2.